The third kappa shape index (κ3) is 2.79. The highest BCUT2D eigenvalue weighted by Gasteiger charge is 2.39. The number of hydrazine groups is 1. The Balaban J connectivity index is 1.33. The van der Waals surface area contributed by atoms with E-state index in [-0.39, 0.29) is 5.91 Å². The third-order valence-corrected chi connectivity index (χ3v) is 5.40. The van der Waals surface area contributed by atoms with Crippen LogP contribution in [0.15, 0.2) is 30.5 Å². The van der Waals surface area contributed by atoms with Crippen molar-refractivity contribution < 1.29 is 4.79 Å². The number of hydrogen-bond acceptors (Lipinski definition) is 2. The quantitative estimate of drug-likeness (QED) is 0.505. The number of hydrogen-bond donors (Lipinski definition) is 4. The number of benzene rings is 1. The fourth-order valence-electron chi connectivity index (χ4n) is 4.07. The molecule has 1 heterocycles. The first kappa shape index (κ1) is 14.5. The van der Waals surface area contributed by atoms with Crippen molar-refractivity contribution in [3.05, 3.63) is 36.0 Å². The van der Waals surface area contributed by atoms with Crippen LogP contribution in [0.5, 0.6) is 0 Å². The highest BCUT2D eigenvalue weighted by atomic mass is 32.1. The van der Waals surface area contributed by atoms with Gasteiger partial charge in [0.1, 0.15) is 0 Å². The van der Waals surface area contributed by atoms with Crippen LogP contribution in [0.3, 0.4) is 0 Å². The van der Waals surface area contributed by atoms with Gasteiger partial charge in [0.05, 0.1) is 5.56 Å². The van der Waals surface area contributed by atoms with Crippen molar-refractivity contribution in [2.75, 3.05) is 0 Å². The first-order chi connectivity index (χ1) is 11.2. The van der Waals surface area contributed by atoms with Gasteiger partial charge < -0.3 is 10.3 Å². The van der Waals surface area contributed by atoms with Crippen molar-refractivity contribution >= 4 is 34.1 Å². The zero-order valence-corrected chi connectivity index (χ0v) is 13.6. The summed E-state index contributed by atoms with van der Waals surface area (Å²) in [7, 11) is 0. The molecule has 1 aromatic heterocycles. The molecule has 2 aromatic rings. The van der Waals surface area contributed by atoms with Gasteiger partial charge in [0, 0.05) is 23.1 Å². The molecule has 2 saturated carbocycles. The van der Waals surface area contributed by atoms with Gasteiger partial charge in [-0.25, -0.2) is 0 Å². The maximum absolute atomic E-state index is 12.3. The van der Waals surface area contributed by atoms with E-state index in [1.54, 1.807) is 6.20 Å². The van der Waals surface area contributed by atoms with Crippen LogP contribution in [-0.2, 0) is 0 Å². The van der Waals surface area contributed by atoms with Crippen LogP contribution in [-0.4, -0.2) is 22.0 Å². The number of aromatic amines is 1. The zero-order valence-electron chi connectivity index (χ0n) is 12.8. The molecule has 4 N–H and O–H groups in total. The molecule has 0 aliphatic heterocycles. The van der Waals surface area contributed by atoms with E-state index in [1.165, 1.54) is 25.7 Å². The summed E-state index contributed by atoms with van der Waals surface area (Å²) in [5.41, 5.74) is 7.06. The average Bonchev–Trinajstić information content (AvgIpc) is 3.27. The van der Waals surface area contributed by atoms with Crippen molar-refractivity contribution in [2.45, 2.75) is 31.7 Å². The number of rotatable bonds is 2. The molecule has 2 aliphatic carbocycles. The largest absolute Gasteiger partial charge is 0.360 e. The molecule has 0 spiro atoms. The van der Waals surface area contributed by atoms with Gasteiger partial charge in [-0.3, -0.25) is 15.6 Å². The second kappa shape index (κ2) is 5.85. The highest BCUT2D eigenvalue weighted by molar-refractivity contribution is 7.80. The number of para-hydroxylation sites is 1. The topological polar surface area (TPSA) is 69.0 Å². The van der Waals surface area contributed by atoms with E-state index in [1.807, 2.05) is 24.3 Å². The maximum atomic E-state index is 12.3. The fraction of sp³-hybridized carbons (Fsp3) is 0.412. The zero-order chi connectivity index (χ0) is 15.8. The average molecular weight is 328 g/mol. The SMILES string of the molecule is O=C(NNC(=S)N[C@@H]1C[C@H]2CC[C@@H]1C2)c1c[nH]c2ccccc12. The Morgan fingerprint density at radius 2 is 2.04 bits per heavy atom. The molecular formula is C17H20N4OS. The Hall–Kier alpha value is -2.08. The lowest BCUT2D eigenvalue weighted by Gasteiger charge is -2.24. The molecule has 4 rings (SSSR count). The molecule has 0 radical (unpaired) electrons. The second-order valence-corrected chi connectivity index (χ2v) is 6.99. The lowest BCUT2D eigenvalue weighted by Crippen LogP contribution is -2.50. The van der Waals surface area contributed by atoms with Crippen LogP contribution >= 0.6 is 12.2 Å². The van der Waals surface area contributed by atoms with Crippen LogP contribution in [0, 0.1) is 11.8 Å². The Morgan fingerprint density at radius 3 is 2.83 bits per heavy atom. The molecule has 2 bridgehead atoms. The van der Waals surface area contributed by atoms with Crippen LogP contribution in [0.2, 0.25) is 0 Å². The number of H-pyrrole nitrogens is 1. The first-order valence-electron chi connectivity index (χ1n) is 8.13. The van der Waals surface area contributed by atoms with E-state index in [9.17, 15) is 4.79 Å². The monoisotopic (exact) mass is 328 g/mol. The summed E-state index contributed by atoms with van der Waals surface area (Å²) in [5, 5.41) is 4.74. The van der Waals surface area contributed by atoms with Crippen molar-refractivity contribution in [1.29, 1.82) is 0 Å². The Kier molecular flexibility index (Phi) is 3.69. The summed E-state index contributed by atoms with van der Waals surface area (Å²) in [6.45, 7) is 0. The minimum atomic E-state index is -0.195. The van der Waals surface area contributed by atoms with Crippen molar-refractivity contribution in [3.8, 4) is 0 Å². The maximum Gasteiger partial charge on any atom is 0.271 e. The predicted molar refractivity (Wildman–Crippen MR) is 93.9 cm³/mol. The van der Waals surface area contributed by atoms with Gasteiger partial charge in [0.15, 0.2) is 5.11 Å². The number of carbonyl (C=O) groups is 1. The molecule has 120 valence electrons. The molecule has 3 atom stereocenters. The molecule has 1 aromatic carbocycles. The molecule has 1 amide bonds. The van der Waals surface area contributed by atoms with Crippen molar-refractivity contribution in [1.82, 2.24) is 21.2 Å². The van der Waals surface area contributed by atoms with Gasteiger partial charge in [-0.2, -0.15) is 0 Å². The number of nitrogens with one attached hydrogen (secondary N) is 4. The summed E-state index contributed by atoms with van der Waals surface area (Å²) < 4.78 is 0. The van der Waals surface area contributed by atoms with E-state index in [4.69, 9.17) is 12.2 Å². The predicted octanol–water partition coefficient (Wildman–Crippen LogP) is 2.47. The van der Waals surface area contributed by atoms with Crippen LogP contribution in [0.25, 0.3) is 10.9 Å². The molecule has 23 heavy (non-hydrogen) atoms. The molecule has 0 unspecified atom stereocenters. The van der Waals surface area contributed by atoms with Gasteiger partial charge in [-0.15, -0.1) is 0 Å². The van der Waals surface area contributed by atoms with Crippen LogP contribution in [0.4, 0.5) is 0 Å². The van der Waals surface area contributed by atoms with Gasteiger partial charge in [0.25, 0.3) is 5.91 Å². The molecule has 0 saturated heterocycles. The van der Waals surface area contributed by atoms with Gasteiger partial charge in [-0.1, -0.05) is 24.6 Å². The second-order valence-electron chi connectivity index (χ2n) is 6.58. The first-order valence-corrected chi connectivity index (χ1v) is 8.54. The van der Waals surface area contributed by atoms with Crippen LogP contribution < -0.4 is 16.2 Å². The van der Waals surface area contributed by atoms with Crippen molar-refractivity contribution in [2.24, 2.45) is 11.8 Å². The summed E-state index contributed by atoms with van der Waals surface area (Å²) >= 11 is 5.31. The Bertz CT molecular complexity index is 756. The van der Waals surface area contributed by atoms with E-state index < -0.39 is 0 Å². The number of aromatic nitrogens is 1. The minimum absolute atomic E-state index is 0.195. The summed E-state index contributed by atoms with van der Waals surface area (Å²) in [6, 6.07) is 8.18. The number of thiocarbonyl (C=S) groups is 1. The summed E-state index contributed by atoms with van der Waals surface area (Å²) in [4.78, 5) is 15.4. The molecular weight excluding hydrogens is 308 g/mol. The summed E-state index contributed by atoms with van der Waals surface area (Å²) in [5.74, 6) is 1.41. The smallest absolute Gasteiger partial charge is 0.271 e. The van der Waals surface area contributed by atoms with E-state index in [0.717, 1.165) is 22.7 Å². The molecule has 6 heteroatoms. The molecule has 2 aliphatic rings. The third-order valence-electron chi connectivity index (χ3n) is 5.18. The van der Waals surface area contributed by atoms with Crippen molar-refractivity contribution in [3.63, 3.8) is 0 Å². The van der Waals surface area contributed by atoms with Crippen LogP contribution in [0.1, 0.15) is 36.0 Å². The normalized spacial score (nSPS) is 25.5. The molecule has 2 fully saturated rings. The lowest BCUT2D eigenvalue weighted by atomic mass is 9.96. The van der Waals surface area contributed by atoms with Gasteiger partial charge in [-0.05, 0) is 49.4 Å². The van der Waals surface area contributed by atoms with Gasteiger partial charge in [0.2, 0.25) is 0 Å². The lowest BCUT2D eigenvalue weighted by molar-refractivity contribution is 0.0945. The van der Waals surface area contributed by atoms with E-state index in [2.05, 4.69) is 21.2 Å². The Morgan fingerprint density at radius 1 is 1.17 bits per heavy atom. The standard InChI is InChI=1S/C17H20N4OS/c22-16(13-9-18-14-4-2-1-3-12(13)14)20-21-17(23)19-15-8-10-5-6-11(15)7-10/h1-4,9-11,15,18H,5-8H2,(H,20,22)(H2,19,21,23)/t10-,11+,15+/m0/s1. The number of carbonyl (C=O) groups excluding carboxylic acids is 1. The van der Waals surface area contributed by atoms with E-state index in [0.29, 0.717) is 16.7 Å². The highest BCUT2D eigenvalue weighted by Crippen LogP contribution is 2.44. The fourth-order valence-corrected chi connectivity index (χ4v) is 4.27. The number of amides is 1. The summed E-state index contributed by atoms with van der Waals surface area (Å²) in [6.07, 6.45) is 6.89. The molecule has 5 nitrogen and oxygen atoms in total. The van der Waals surface area contributed by atoms with E-state index >= 15 is 0 Å². The number of fused-ring (bicyclic) bond motifs is 3. The minimum Gasteiger partial charge on any atom is -0.360 e. The Labute approximate surface area is 140 Å². The van der Waals surface area contributed by atoms with Gasteiger partial charge >= 0.3 is 0 Å².